The average Bonchev–Trinajstić information content (AvgIpc) is 3.22. The Labute approximate surface area is 229 Å². The Hall–Kier alpha value is -1.08. The van der Waals surface area contributed by atoms with Crippen LogP contribution < -0.4 is 5.32 Å². The smallest absolute Gasteiger partial charge is 0.0379 e. The standard InChI is InChI=1S/C36H57N/c1-25(2)12-11-13-26(3)31-18-19-32-30-17-16-28-24-29(37-34(4,5)27-14-9-8-10-15-27)20-22-35(28,6)33(30)21-23-36(31,32)7/h8-10,14-16,25-26,29-33,37H,11-13,17-24H2,1-7H3/t26-,29+,30+,31-,32+,33+,35+,36-/m1/s1. The molecule has 3 saturated carbocycles. The van der Waals surface area contributed by atoms with E-state index in [1.165, 1.54) is 76.2 Å². The minimum Gasteiger partial charge on any atom is -0.305 e. The van der Waals surface area contributed by atoms with Gasteiger partial charge in [-0.25, -0.2) is 0 Å². The fraction of sp³-hybridized carbons (Fsp3) is 0.778. The molecule has 3 fully saturated rings. The van der Waals surface area contributed by atoms with Gasteiger partial charge in [-0.05, 0) is 117 Å². The zero-order valence-electron chi connectivity index (χ0n) is 25.3. The summed E-state index contributed by atoms with van der Waals surface area (Å²) in [6.07, 6.45) is 18.3. The van der Waals surface area contributed by atoms with Gasteiger partial charge in [-0.15, -0.1) is 0 Å². The Bertz CT molecular complexity index is 943. The minimum absolute atomic E-state index is 0.0226. The van der Waals surface area contributed by atoms with E-state index in [9.17, 15) is 0 Å². The zero-order valence-corrected chi connectivity index (χ0v) is 25.3. The second-order valence-corrected chi connectivity index (χ2v) is 15.4. The van der Waals surface area contributed by atoms with Crippen molar-refractivity contribution in [2.24, 2.45) is 46.3 Å². The molecule has 1 aromatic rings. The summed E-state index contributed by atoms with van der Waals surface area (Å²) < 4.78 is 0. The first-order valence-corrected chi connectivity index (χ1v) is 16.1. The van der Waals surface area contributed by atoms with Gasteiger partial charge in [0.1, 0.15) is 0 Å². The zero-order chi connectivity index (χ0) is 26.4. The van der Waals surface area contributed by atoms with Gasteiger partial charge in [-0.1, -0.05) is 95.9 Å². The first-order valence-electron chi connectivity index (χ1n) is 16.1. The maximum Gasteiger partial charge on any atom is 0.0379 e. The Morgan fingerprint density at radius 3 is 2.41 bits per heavy atom. The largest absolute Gasteiger partial charge is 0.305 e. The number of nitrogens with one attached hydrogen (secondary N) is 1. The topological polar surface area (TPSA) is 12.0 Å². The summed E-state index contributed by atoms with van der Waals surface area (Å²) in [5, 5.41) is 4.08. The van der Waals surface area contributed by atoms with E-state index < -0.39 is 0 Å². The SMILES string of the molecule is CC(C)CCC[C@@H](C)[C@H]1CC[C@H]2[C@@H]3CC=C4C[C@@H](NC(C)(C)c5ccccc5)CC[C@]4(C)[C@H]3CC[C@]12C. The number of benzene rings is 1. The van der Waals surface area contributed by atoms with E-state index in [1.54, 1.807) is 0 Å². The highest BCUT2D eigenvalue weighted by Crippen LogP contribution is 2.67. The maximum atomic E-state index is 4.08. The molecule has 0 radical (unpaired) electrons. The molecule has 1 nitrogen and oxygen atoms in total. The van der Waals surface area contributed by atoms with Gasteiger partial charge in [0, 0.05) is 11.6 Å². The lowest BCUT2D eigenvalue weighted by Gasteiger charge is -2.59. The van der Waals surface area contributed by atoms with Gasteiger partial charge in [0.2, 0.25) is 0 Å². The lowest BCUT2D eigenvalue weighted by molar-refractivity contribution is -0.0519. The molecule has 206 valence electrons. The maximum absolute atomic E-state index is 4.08. The van der Waals surface area contributed by atoms with Crippen molar-refractivity contribution in [1.29, 1.82) is 0 Å². The molecule has 37 heavy (non-hydrogen) atoms. The van der Waals surface area contributed by atoms with Gasteiger partial charge in [0.15, 0.2) is 0 Å². The Balaban J connectivity index is 1.27. The molecule has 0 heterocycles. The fourth-order valence-electron chi connectivity index (χ4n) is 10.3. The molecule has 0 aromatic heterocycles. The van der Waals surface area contributed by atoms with Crippen LogP contribution in [0.1, 0.15) is 125 Å². The molecular weight excluding hydrogens is 446 g/mol. The number of allylic oxidation sites excluding steroid dienone is 1. The van der Waals surface area contributed by atoms with Crippen LogP contribution in [0.4, 0.5) is 0 Å². The van der Waals surface area contributed by atoms with Crippen LogP contribution in [0.25, 0.3) is 0 Å². The van der Waals surface area contributed by atoms with Crippen molar-refractivity contribution >= 4 is 0 Å². The molecular formula is C36H57N. The van der Waals surface area contributed by atoms with Crippen LogP contribution in [-0.2, 0) is 5.54 Å². The van der Waals surface area contributed by atoms with E-state index in [1.807, 2.05) is 5.57 Å². The van der Waals surface area contributed by atoms with E-state index >= 15 is 0 Å². The van der Waals surface area contributed by atoms with Gasteiger partial charge >= 0.3 is 0 Å². The predicted molar refractivity (Wildman–Crippen MR) is 159 cm³/mol. The van der Waals surface area contributed by atoms with Crippen molar-refractivity contribution in [2.75, 3.05) is 0 Å². The Morgan fingerprint density at radius 2 is 1.68 bits per heavy atom. The number of fused-ring (bicyclic) bond motifs is 5. The molecule has 1 heteroatoms. The van der Waals surface area contributed by atoms with Crippen molar-refractivity contribution in [3.63, 3.8) is 0 Å². The molecule has 5 rings (SSSR count). The van der Waals surface area contributed by atoms with Crippen LogP contribution in [0.2, 0.25) is 0 Å². The van der Waals surface area contributed by atoms with E-state index in [4.69, 9.17) is 0 Å². The summed E-state index contributed by atoms with van der Waals surface area (Å²) in [5.41, 5.74) is 4.27. The molecule has 0 spiro atoms. The molecule has 0 aliphatic heterocycles. The van der Waals surface area contributed by atoms with Crippen molar-refractivity contribution in [3.8, 4) is 0 Å². The lowest BCUT2D eigenvalue weighted by atomic mass is 9.47. The van der Waals surface area contributed by atoms with Crippen molar-refractivity contribution in [3.05, 3.63) is 47.5 Å². The first-order chi connectivity index (χ1) is 17.5. The molecule has 1 N–H and O–H groups in total. The van der Waals surface area contributed by atoms with E-state index in [0.717, 1.165) is 35.5 Å². The highest BCUT2D eigenvalue weighted by molar-refractivity contribution is 5.27. The summed E-state index contributed by atoms with van der Waals surface area (Å²) >= 11 is 0. The second-order valence-electron chi connectivity index (χ2n) is 15.4. The van der Waals surface area contributed by atoms with E-state index in [2.05, 4.69) is 90.2 Å². The van der Waals surface area contributed by atoms with Crippen LogP contribution in [-0.4, -0.2) is 6.04 Å². The molecule has 0 saturated heterocycles. The van der Waals surface area contributed by atoms with Gasteiger partial charge in [-0.3, -0.25) is 0 Å². The molecule has 8 atom stereocenters. The molecule has 0 unspecified atom stereocenters. The number of hydrogen-bond donors (Lipinski definition) is 1. The summed E-state index contributed by atoms with van der Waals surface area (Å²) in [4.78, 5) is 0. The summed E-state index contributed by atoms with van der Waals surface area (Å²) in [5.74, 6) is 5.54. The Morgan fingerprint density at radius 1 is 0.919 bits per heavy atom. The third kappa shape index (κ3) is 5.13. The summed E-state index contributed by atoms with van der Waals surface area (Å²) in [6, 6.07) is 11.6. The molecule has 1 aromatic carbocycles. The number of rotatable bonds is 8. The monoisotopic (exact) mass is 503 g/mol. The van der Waals surface area contributed by atoms with Crippen molar-refractivity contribution < 1.29 is 0 Å². The normalized spacial score (nSPS) is 38.5. The Kier molecular flexibility index (Phi) is 7.78. The van der Waals surface area contributed by atoms with Crippen LogP contribution in [0.15, 0.2) is 42.0 Å². The fourth-order valence-corrected chi connectivity index (χ4v) is 10.3. The highest BCUT2D eigenvalue weighted by Gasteiger charge is 2.59. The summed E-state index contributed by atoms with van der Waals surface area (Å²) in [6.45, 7) is 17.5. The van der Waals surface area contributed by atoms with Gasteiger partial charge in [-0.2, -0.15) is 0 Å². The van der Waals surface area contributed by atoms with Crippen LogP contribution >= 0.6 is 0 Å². The van der Waals surface area contributed by atoms with Crippen molar-refractivity contribution in [2.45, 2.75) is 131 Å². The van der Waals surface area contributed by atoms with Gasteiger partial charge < -0.3 is 5.32 Å². The lowest BCUT2D eigenvalue weighted by Crippen LogP contribution is -2.53. The average molecular weight is 504 g/mol. The number of hydrogen-bond acceptors (Lipinski definition) is 1. The van der Waals surface area contributed by atoms with E-state index in [-0.39, 0.29) is 5.54 Å². The quantitative estimate of drug-likeness (QED) is 0.348. The van der Waals surface area contributed by atoms with Crippen LogP contribution in [0, 0.1) is 46.3 Å². The van der Waals surface area contributed by atoms with E-state index in [0.29, 0.717) is 16.9 Å². The third-order valence-electron chi connectivity index (χ3n) is 12.4. The molecule has 0 amide bonds. The molecule has 4 aliphatic carbocycles. The highest BCUT2D eigenvalue weighted by atomic mass is 15.0. The van der Waals surface area contributed by atoms with Gasteiger partial charge in [0.05, 0.1) is 0 Å². The molecule has 0 bridgehead atoms. The summed E-state index contributed by atoms with van der Waals surface area (Å²) in [7, 11) is 0. The third-order valence-corrected chi connectivity index (χ3v) is 12.4. The predicted octanol–water partition coefficient (Wildman–Crippen LogP) is 9.92. The minimum atomic E-state index is 0.0226. The van der Waals surface area contributed by atoms with Crippen LogP contribution in [0.5, 0.6) is 0 Å². The first kappa shape index (κ1) is 27.5. The van der Waals surface area contributed by atoms with Gasteiger partial charge in [0.25, 0.3) is 0 Å². The van der Waals surface area contributed by atoms with Crippen molar-refractivity contribution in [1.82, 2.24) is 5.32 Å². The molecule has 4 aliphatic rings. The second kappa shape index (κ2) is 10.5. The van der Waals surface area contributed by atoms with Crippen LogP contribution in [0.3, 0.4) is 0 Å².